The molecule has 2 aromatic heterocycles. The summed E-state index contributed by atoms with van der Waals surface area (Å²) in [6.07, 6.45) is 5.52. The standard InChI is InChI=1S/C25H24ClN5O2/c1-16-7-9-19(13-28-16)33-22-10-8-17(12-20(22)26)31-25-24-21(29-15-30-25)5-2-6-23(24)32-14-18-4-3-11-27-18/h2,5-10,12-13,15,18,27H,3-4,11,14H2,1H3,(H,29,30,31)/t18-/m0/s1. The van der Waals surface area contributed by atoms with E-state index in [0.29, 0.717) is 35.0 Å². The van der Waals surface area contributed by atoms with E-state index in [0.717, 1.165) is 41.0 Å². The van der Waals surface area contributed by atoms with Crippen LogP contribution < -0.4 is 20.1 Å². The highest BCUT2D eigenvalue weighted by Crippen LogP contribution is 2.35. The topological polar surface area (TPSA) is 81.2 Å². The van der Waals surface area contributed by atoms with E-state index >= 15 is 0 Å². The second-order valence-electron chi connectivity index (χ2n) is 7.98. The lowest BCUT2D eigenvalue weighted by molar-refractivity contribution is 0.280. The summed E-state index contributed by atoms with van der Waals surface area (Å²) in [5, 5.41) is 8.12. The Morgan fingerprint density at radius 1 is 1.09 bits per heavy atom. The largest absolute Gasteiger partial charge is 0.491 e. The number of hydrogen-bond acceptors (Lipinski definition) is 7. The summed E-state index contributed by atoms with van der Waals surface area (Å²) in [4.78, 5) is 13.1. The average Bonchev–Trinajstić information content (AvgIpc) is 3.35. The van der Waals surface area contributed by atoms with Crippen LogP contribution in [0.1, 0.15) is 18.5 Å². The first-order valence-corrected chi connectivity index (χ1v) is 11.3. The molecule has 8 heteroatoms. The van der Waals surface area contributed by atoms with Crippen LogP contribution in [0.4, 0.5) is 11.5 Å². The van der Waals surface area contributed by atoms with Crippen LogP contribution in [0.15, 0.2) is 61.1 Å². The molecular weight excluding hydrogens is 438 g/mol. The fraction of sp³-hybridized carbons (Fsp3) is 0.240. The van der Waals surface area contributed by atoms with E-state index in [-0.39, 0.29) is 0 Å². The van der Waals surface area contributed by atoms with Gasteiger partial charge in [0.15, 0.2) is 0 Å². The molecule has 1 aliphatic rings. The SMILES string of the molecule is Cc1ccc(Oc2ccc(Nc3ncnc4cccc(OC[C@@H]5CCCN5)c34)cc2Cl)cn1. The Kier molecular flexibility index (Phi) is 6.24. The van der Waals surface area contributed by atoms with Gasteiger partial charge in [-0.1, -0.05) is 17.7 Å². The zero-order chi connectivity index (χ0) is 22.6. The van der Waals surface area contributed by atoms with Gasteiger partial charge in [0.05, 0.1) is 22.1 Å². The first-order valence-electron chi connectivity index (χ1n) is 10.9. The summed E-state index contributed by atoms with van der Waals surface area (Å²) in [6.45, 7) is 3.58. The number of nitrogens with zero attached hydrogens (tertiary/aromatic N) is 3. The smallest absolute Gasteiger partial charge is 0.146 e. The third kappa shape index (κ3) is 4.99. The van der Waals surface area contributed by atoms with Gasteiger partial charge < -0.3 is 20.1 Å². The van der Waals surface area contributed by atoms with Crippen molar-refractivity contribution < 1.29 is 9.47 Å². The minimum Gasteiger partial charge on any atom is -0.491 e. The lowest BCUT2D eigenvalue weighted by atomic mass is 10.2. The van der Waals surface area contributed by atoms with Gasteiger partial charge in [-0.25, -0.2) is 9.97 Å². The van der Waals surface area contributed by atoms with Crippen molar-refractivity contribution in [2.24, 2.45) is 0 Å². The molecule has 1 atom stereocenters. The van der Waals surface area contributed by atoms with Gasteiger partial charge in [0.25, 0.3) is 0 Å². The van der Waals surface area contributed by atoms with Crippen molar-refractivity contribution in [3.8, 4) is 17.2 Å². The fourth-order valence-corrected chi connectivity index (χ4v) is 4.04. The van der Waals surface area contributed by atoms with Crippen LogP contribution in [0.25, 0.3) is 10.9 Å². The van der Waals surface area contributed by atoms with Gasteiger partial charge in [0.2, 0.25) is 0 Å². The Morgan fingerprint density at radius 2 is 2.03 bits per heavy atom. The van der Waals surface area contributed by atoms with Crippen molar-refractivity contribution in [3.63, 3.8) is 0 Å². The number of anilines is 2. The second kappa shape index (κ2) is 9.60. The Bertz CT molecular complexity index is 1250. The number of aromatic nitrogens is 3. The predicted molar refractivity (Wildman–Crippen MR) is 130 cm³/mol. The molecular formula is C25H24ClN5O2. The molecule has 1 fully saturated rings. The van der Waals surface area contributed by atoms with Gasteiger partial charge in [-0.05, 0) is 68.8 Å². The molecule has 0 aliphatic carbocycles. The molecule has 168 valence electrons. The molecule has 5 rings (SSSR count). The summed E-state index contributed by atoms with van der Waals surface area (Å²) in [5.41, 5.74) is 2.51. The van der Waals surface area contributed by atoms with Crippen molar-refractivity contribution >= 4 is 34.0 Å². The highest BCUT2D eigenvalue weighted by atomic mass is 35.5. The highest BCUT2D eigenvalue weighted by Gasteiger charge is 2.17. The molecule has 0 radical (unpaired) electrons. The van der Waals surface area contributed by atoms with Gasteiger partial charge in [-0.15, -0.1) is 0 Å². The number of ether oxygens (including phenoxy) is 2. The van der Waals surface area contributed by atoms with Crippen LogP contribution in [-0.4, -0.2) is 34.1 Å². The number of fused-ring (bicyclic) bond motifs is 1. The maximum Gasteiger partial charge on any atom is 0.146 e. The first-order chi connectivity index (χ1) is 16.2. The summed E-state index contributed by atoms with van der Waals surface area (Å²) in [5.74, 6) is 2.58. The maximum atomic E-state index is 6.50. The number of pyridine rings is 1. The van der Waals surface area contributed by atoms with Crippen LogP contribution >= 0.6 is 11.6 Å². The average molecular weight is 462 g/mol. The molecule has 1 aliphatic heterocycles. The van der Waals surface area contributed by atoms with E-state index in [1.165, 1.54) is 12.7 Å². The first kappa shape index (κ1) is 21.4. The molecule has 0 unspecified atom stereocenters. The number of rotatable bonds is 7. The van der Waals surface area contributed by atoms with Crippen molar-refractivity contribution in [1.82, 2.24) is 20.3 Å². The summed E-state index contributed by atoms with van der Waals surface area (Å²) >= 11 is 6.50. The van der Waals surface area contributed by atoms with Gasteiger partial charge in [-0.3, -0.25) is 4.98 Å². The molecule has 4 aromatic rings. The molecule has 7 nitrogen and oxygen atoms in total. The Balaban J connectivity index is 1.38. The van der Waals surface area contributed by atoms with Crippen LogP contribution in [0.5, 0.6) is 17.2 Å². The van der Waals surface area contributed by atoms with Gasteiger partial charge in [0, 0.05) is 17.4 Å². The van der Waals surface area contributed by atoms with Crippen molar-refractivity contribution in [1.29, 1.82) is 0 Å². The van der Waals surface area contributed by atoms with E-state index in [2.05, 4.69) is 25.6 Å². The van der Waals surface area contributed by atoms with Crippen LogP contribution in [-0.2, 0) is 0 Å². The van der Waals surface area contributed by atoms with Gasteiger partial charge in [0.1, 0.15) is 36.0 Å². The van der Waals surface area contributed by atoms with E-state index in [9.17, 15) is 0 Å². The third-order valence-corrected chi connectivity index (χ3v) is 5.83. The van der Waals surface area contributed by atoms with Crippen molar-refractivity contribution in [2.75, 3.05) is 18.5 Å². The molecule has 0 saturated carbocycles. The molecule has 33 heavy (non-hydrogen) atoms. The minimum absolute atomic E-state index is 0.372. The maximum absolute atomic E-state index is 6.50. The number of nitrogens with one attached hydrogen (secondary N) is 2. The number of halogens is 1. The molecule has 0 bridgehead atoms. The molecule has 3 heterocycles. The summed E-state index contributed by atoms with van der Waals surface area (Å²) in [6, 6.07) is 15.5. The lowest BCUT2D eigenvalue weighted by Gasteiger charge is -2.16. The molecule has 1 saturated heterocycles. The van der Waals surface area contributed by atoms with Crippen molar-refractivity contribution in [2.45, 2.75) is 25.8 Å². The van der Waals surface area contributed by atoms with E-state index in [4.69, 9.17) is 21.1 Å². The van der Waals surface area contributed by atoms with Crippen molar-refractivity contribution in [3.05, 3.63) is 71.8 Å². The quantitative estimate of drug-likeness (QED) is 0.368. The second-order valence-corrected chi connectivity index (χ2v) is 8.39. The van der Waals surface area contributed by atoms with E-state index < -0.39 is 0 Å². The zero-order valence-electron chi connectivity index (χ0n) is 18.2. The number of aryl methyl sites for hydroxylation is 1. The Morgan fingerprint density at radius 3 is 2.82 bits per heavy atom. The Hall–Kier alpha value is -3.42. The van der Waals surface area contributed by atoms with Crippen LogP contribution in [0, 0.1) is 6.92 Å². The molecule has 2 aromatic carbocycles. The summed E-state index contributed by atoms with van der Waals surface area (Å²) in [7, 11) is 0. The molecule has 0 spiro atoms. The minimum atomic E-state index is 0.372. The van der Waals surface area contributed by atoms with Crippen LogP contribution in [0.2, 0.25) is 5.02 Å². The number of hydrogen-bond donors (Lipinski definition) is 2. The highest BCUT2D eigenvalue weighted by molar-refractivity contribution is 6.32. The summed E-state index contributed by atoms with van der Waals surface area (Å²) < 4.78 is 12.0. The predicted octanol–water partition coefficient (Wildman–Crippen LogP) is 5.65. The van der Waals surface area contributed by atoms with Crippen LogP contribution in [0.3, 0.4) is 0 Å². The van der Waals surface area contributed by atoms with E-state index in [1.807, 2.05) is 49.4 Å². The monoisotopic (exact) mass is 461 g/mol. The number of benzene rings is 2. The molecule has 2 N–H and O–H groups in total. The fourth-order valence-electron chi connectivity index (χ4n) is 3.82. The molecule has 0 amide bonds. The van der Waals surface area contributed by atoms with E-state index in [1.54, 1.807) is 12.3 Å². The van der Waals surface area contributed by atoms with Gasteiger partial charge >= 0.3 is 0 Å². The Labute approximate surface area is 197 Å². The van der Waals surface area contributed by atoms with Gasteiger partial charge in [-0.2, -0.15) is 0 Å². The normalized spacial score (nSPS) is 15.5. The third-order valence-electron chi connectivity index (χ3n) is 5.53. The zero-order valence-corrected chi connectivity index (χ0v) is 19.0. The lowest BCUT2D eigenvalue weighted by Crippen LogP contribution is -2.28.